The van der Waals surface area contributed by atoms with Crippen molar-refractivity contribution in [2.75, 3.05) is 6.54 Å². The number of carbonyl (C=O) groups is 4. The Morgan fingerprint density at radius 1 is 0.744 bits per heavy atom. The van der Waals surface area contributed by atoms with E-state index in [0.717, 1.165) is 5.56 Å². The number of carbonyl (C=O) groups excluding carboxylic acids is 3. The number of hydrogen-bond donors (Lipinski definition) is 8. The molecular formula is C27H37N5O7. The van der Waals surface area contributed by atoms with E-state index < -0.39 is 47.9 Å². The second-order valence-electron chi connectivity index (χ2n) is 9.32. The van der Waals surface area contributed by atoms with Crippen LogP contribution in [0.1, 0.15) is 37.3 Å². The van der Waals surface area contributed by atoms with Gasteiger partial charge in [-0.05, 0) is 74.5 Å². The van der Waals surface area contributed by atoms with E-state index >= 15 is 0 Å². The maximum Gasteiger partial charge on any atom is 0.326 e. The summed E-state index contributed by atoms with van der Waals surface area (Å²) in [7, 11) is 0. The summed E-state index contributed by atoms with van der Waals surface area (Å²) >= 11 is 0. The summed E-state index contributed by atoms with van der Waals surface area (Å²) in [5, 5.41) is 36.0. The molecule has 12 heteroatoms. The van der Waals surface area contributed by atoms with Crippen LogP contribution < -0.4 is 27.4 Å². The zero-order valence-corrected chi connectivity index (χ0v) is 21.8. The van der Waals surface area contributed by atoms with E-state index in [0.29, 0.717) is 24.9 Å². The topological polar surface area (TPSA) is 217 Å². The van der Waals surface area contributed by atoms with Crippen LogP contribution in [0, 0.1) is 0 Å². The van der Waals surface area contributed by atoms with Crippen molar-refractivity contribution in [3.8, 4) is 11.5 Å². The zero-order valence-electron chi connectivity index (χ0n) is 21.8. The van der Waals surface area contributed by atoms with Crippen LogP contribution in [0.2, 0.25) is 0 Å². The van der Waals surface area contributed by atoms with Crippen LogP contribution in [0.3, 0.4) is 0 Å². The van der Waals surface area contributed by atoms with Gasteiger partial charge in [0.2, 0.25) is 17.7 Å². The molecule has 0 spiro atoms. The fourth-order valence-corrected chi connectivity index (χ4v) is 3.76. The van der Waals surface area contributed by atoms with Crippen LogP contribution in [-0.2, 0) is 32.0 Å². The first-order valence-corrected chi connectivity index (χ1v) is 12.7. The molecule has 0 heterocycles. The number of benzene rings is 2. The molecule has 2 rings (SSSR count). The van der Waals surface area contributed by atoms with Gasteiger partial charge in [0.1, 0.15) is 29.6 Å². The highest BCUT2D eigenvalue weighted by atomic mass is 16.4. The van der Waals surface area contributed by atoms with E-state index in [1.807, 2.05) is 0 Å². The number of nitrogens with one attached hydrogen (secondary N) is 3. The number of unbranched alkanes of at least 4 members (excludes halogenated alkanes) is 1. The second-order valence-corrected chi connectivity index (χ2v) is 9.32. The van der Waals surface area contributed by atoms with E-state index in [4.69, 9.17) is 11.5 Å². The Morgan fingerprint density at radius 3 is 1.77 bits per heavy atom. The molecule has 0 bridgehead atoms. The van der Waals surface area contributed by atoms with Crippen LogP contribution in [0.15, 0.2) is 48.5 Å². The number of hydrogen-bond acceptors (Lipinski definition) is 8. The third-order valence-corrected chi connectivity index (χ3v) is 6.05. The summed E-state index contributed by atoms with van der Waals surface area (Å²) in [5.74, 6) is -3.05. The molecule has 0 radical (unpaired) electrons. The van der Waals surface area contributed by atoms with Gasteiger partial charge in [-0.3, -0.25) is 14.4 Å². The number of rotatable bonds is 15. The van der Waals surface area contributed by atoms with Gasteiger partial charge in [0.15, 0.2) is 0 Å². The lowest BCUT2D eigenvalue weighted by molar-refractivity contribution is -0.142. The second kappa shape index (κ2) is 15.3. The largest absolute Gasteiger partial charge is 0.508 e. The summed E-state index contributed by atoms with van der Waals surface area (Å²) in [4.78, 5) is 50.2. The van der Waals surface area contributed by atoms with Crippen molar-refractivity contribution in [1.82, 2.24) is 16.0 Å². The van der Waals surface area contributed by atoms with E-state index in [-0.39, 0.29) is 30.8 Å². The van der Waals surface area contributed by atoms with Crippen molar-refractivity contribution in [2.45, 2.75) is 63.2 Å². The SMILES string of the molecule is CC(NC(=O)C(N)Cc1ccc(O)cc1)C(=O)NC(CCCCN)C(=O)NC(Cc1ccc(O)cc1)C(=O)O. The molecule has 12 nitrogen and oxygen atoms in total. The van der Waals surface area contributed by atoms with Crippen molar-refractivity contribution in [3.05, 3.63) is 59.7 Å². The first-order valence-electron chi connectivity index (χ1n) is 12.7. The Balaban J connectivity index is 2.01. The minimum atomic E-state index is -1.27. The quantitative estimate of drug-likeness (QED) is 0.140. The summed E-state index contributed by atoms with van der Waals surface area (Å²) in [6.07, 6.45) is 1.45. The summed E-state index contributed by atoms with van der Waals surface area (Å²) in [6, 6.07) is 7.84. The third kappa shape index (κ3) is 10.6. The van der Waals surface area contributed by atoms with Gasteiger partial charge in [-0.2, -0.15) is 0 Å². The predicted octanol–water partition coefficient (Wildman–Crippen LogP) is -0.102. The average Bonchev–Trinajstić information content (AvgIpc) is 2.89. The maximum atomic E-state index is 13.0. The molecule has 3 amide bonds. The van der Waals surface area contributed by atoms with E-state index in [2.05, 4.69) is 16.0 Å². The van der Waals surface area contributed by atoms with Crippen LogP contribution in [0.25, 0.3) is 0 Å². The van der Waals surface area contributed by atoms with Gasteiger partial charge in [0.25, 0.3) is 0 Å². The number of phenols is 2. The number of carboxylic acids is 1. The number of phenolic OH excluding ortho intramolecular Hbond substituents is 2. The number of aromatic hydroxyl groups is 2. The first kappa shape index (κ1) is 31.1. The van der Waals surface area contributed by atoms with E-state index in [1.54, 1.807) is 24.3 Å². The summed E-state index contributed by atoms with van der Waals surface area (Å²) in [5.41, 5.74) is 12.8. The molecule has 39 heavy (non-hydrogen) atoms. The molecule has 212 valence electrons. The van der Waals surface area contributed by atoms with Gasteiger partial charge >= 0.3 is 5.97 Å². The van der Waals surface area contributed by atoms with Crippen molar-refractivity contribution in [2.24, 2.45) is 11.5 Å². The Bertz CT molecular complexity index is 1110. The molecule has 2 aromatic rings. The Hall–Kier alpha value is -4.16. The fraction of sp³-hybridized carbons (Fsp3) is 0.407. The Morgan fingerprint density at radius 2 is 1.26 bits per heavy atom. The van der Waals surface area contributed by atoms with Gasteiger partial charge < -0.3 is 42.7 Å². The van der Waals surface area contributed by atoms with Gasteiger partial charge in [0.05, 0.1) is 6.04 Å². The van der Waals surface area contributed by atoms with Crippen molar-refractivity contribution < 1.29 is 34.5 Å². The monoisotopic (exact) mass is 543 g/mol. The average molecular weight is 544 g/mol. The molecule has 0 aliphatic carbocycles. The van der Waals surface area contributed by atoms with E-state index in [1.165, 1.54) is 31.2 Å². The zero-order chi connectivity index (χ0) is 28.9. The minimum Gasteiger partial charge on any atom is -0.508 e. The molecule has 2 aromatic carbocycles. The normalized spacial score (nSPS) is 13.9. The fourth-order valence-electron chi connectivity index (χ4n) is 3.76. The molecule has 10 N–H and O–H groups in total. The molecule has 4 atom stereocenters. The van der Waals surface area contributed by atoms with Crippen molar-refractivity contribution >= 4 is 23.7 Å². The Labute approximate surface area is 226 Å². The lowest BCUT2D eigenvalue weighted by Crippen LogP contribution is -2.56. The molecule has 0 saturated heterocycles. The van der Waals surface area contributed by atoms with Crippen LogP contribution in [0.4, 0.5) is 0 Å². The smallest absolute Gasteiger partial charge is 0.326 e. The number of nitrogens with two attached hydrogens (primary N) is 2. The minimum absolute atomic E-state index is 0.0276. The lowest BCUT2D eigenvalue weighted by Gasteiger charge is -2.24. The molecule has 0 aromatic heterocycles. The highest BCUT2D eigenvalue weighted by molar-refractivity contribution is 5.94. The standard InChI is InChI=1S/C27H37N5O7/c1-16(30-25(36)21(29)14-17-5-9-19(33)10-6-17)24(35)31-22(4-2-3-13-28)26(37)32-23(27(38)39)15-18-7-11-20(34)12-8-18/h5-12,16,21-23,33-34H,2-4,13-15,28-29H2,1H3,(H,30,36)(H,31,35)(H,32,37)(H,38,39). The summed E-state index contributed by atoms with van der Waals surface area (Å²) < 4.78 is 0. The third-order valence-electron chi connectivity index (χ3n) is 6.05. The maximum absolute atomic E-state index is 13.0. The highest BCUT2D eigenvalue weighted by Crippen LogP contribution is 2.13. The molecular weight excluding hydrogens is 506 g/mol. The molecule has 0 saturated carbocycles. The highest BCUT2D eigenvalue weighted by Gasteiger charge is 2.28. The van der Waals surface area contributed by atoms with Gasteiger partial charge in [-0.15, -0.1) is 0 Å². The van der Waals surface area contributed by atoms with Gasteiger partial charge in [-0.1, -0.05) is 24.3 Å². The van der Waals surface area contributed by atoms with Crippen molar-refractivity contribution in [3.63, 3.8) is 0 Å². The number of amides is 3. The number of carboxylic acid groups (broad SMARTS) is 1. The molecule has 4 unspecified atom stereocenters. The molecule has 0 aliphatic heterocycles. The lowest BCUT2D eigenvalue weighted by atomic mass is 10.0. The van der Waals surface area contributed by atoms with Gasteiger partial charge in [-0.25, -0.2) is 4.79 Å². The summed E-state index contributed by atoms with van der Waals surface area (Å²) in [6.45, 7) is 1.83. The van der Waals surface area contributed by atoms with Crippen LogP contribution in [-0.4, -0.2) is 69.7 Å². The Kier molecular flexibility index (Phi) is 12.2. The predicted molar refractivity (Wildman–Crippen MR) is 144 cm³/mol. The van der Waals surface area contributed by atoms with Crippen molar-refractivity contribution in [1.29, 1.82) is 0 Å². The van der Waals surface area contributed by atoms with Crippen LogP contribution >= 0.6 is 0 Å². The molecule has 0 aliphatic rings. The molecule has 0 fully saturated rings. The van der Waals surface area contributed by atoms with Crippen LogP contribution in [0.5, 0.6) is 11.5 Å². The van der Waals surface area contributed by atoms with Gasteiger partial charge in [0, 0.05) is 6.42 Å². The number of aliphatic carboxylic acids is 1. The first-order chi connectivity index (χ1) is 18.5. The van der Waals surface area contributed by atoms with E-state index in [9.17, 15) is 34.5 Å².